The SMILES string of the molecule is Cc1ccc2nc([C@H]3CC[C@@H]3c3nc4c(cnn4C4CCOCC4)c(=O)[nH]3)cn2n1.O=c1[nH]c(C2CCC2c2cn3ncccc3n2)nc2c1cnn2C1CCOCC1.O=c1[nH]c([C@@H]2CC[C@H]2c2cn3ncccc3n2)nc2c1cnn2C1CCOCC1.O=c1[nH]c([C@H]2CC[C@@H]2c2cn3ncccc3n2)nc2c1cnn2C1CCOCC1. The molecule has 36 heteroatoms. The summed E-state index contributed by atoms with van der Waals surface area (Å²) in [7, 11) is 0. The topological polar surface area (TPSA) is 412 Å². The van der Waals surface area contributed by atoms with E-state index in [9.17, 15) is 19.2 Å². The van der Waals surface area contributed by atoms with Crippen molar-refractivity contribution >= 4 is 66.7 Å². The lowest BCUT2D eigenvalue weighted by molar-refractivity contribution is 0.0672. The van der Waals surface area contributed by atoms with Gasteiger partial charge < -0.3 is 38.9 Å². The molecule has 4 aliphatic heterocycles. The molecule has 0 amide bonds. The maximum atomic E-state index is 12.8. The Kier molecular flexibility index (Phi) is 18.8. The Morgan fingerprint density at radius 3 is 0.812 bits per heavy atom. The van der Waals surface area contributed by atoms with Crippen molar-refractivity contribution in [3.8, 4) is 0 Å². The van der Waals surface area contributed by atoms with E-state index in [0.717, 1.165) is 177 Å². The van der Waals surface area contributed by atoms with E-state index >= 15 is 0 Å². The van der Waals surface area contributed by atoms with Crippen LogP contribution in [0.3, 0.4) is 0 Å². The van der Waals surface area contributed by atoms with Crippen molar-refractivity contribution in [2.24, 2.45) is 0 Å². The second-order valence-corrected chi connectivity index (χ2v) is 32.1. The van der Waals surface area contributed by atoms with Gasteiger partial charge in [0.2, 0.25) is 0 Å². The van der Waals surface area contributed by atoms with Crippen molar-refractivity contribution in [1.82, 2.24) is 137 Å². The van der Waals surface area contributed by atoms with E-state index in [-0.39, 0.29) is 93.7 Å². The first-order valence-corrected chi connectivity index (χ1v) is 40.9. The van der Waals surface area contributed by atoms with Crippen LogP contribution in [-0.2, 0) is 18.9 Å². The number of nitrogens with one attached hydrogen (secondary N) is 4. The zero-order valence-corrected chi connectivity index (χ0v) is 64.4. The molecule has 16 aromatic heterocycles. The molecule has 0 radical (unpaired) electrons. The Morgan fingerprint density at radius 1 is 0.299 bits per heavy atom. The summed E-state index contributed by atoms with van der Waals surface area (Å²) in [5.41, 5.74) is 10.5. The number of aromatic nitrogens is 28. The van der Waals surface area contributed by atoms with E-state index in [0.29, 0.717) is 97.0 Å². The molecular weight excluding hydrogens is 1490 g/mol. The second kappa shape index (κ2) is 30.4. The van der Waals surface area contributed by atoms with Gasteiger partial charge in [-0.1, -0.05) is 0 Å². The molecule has 598 valence electrons. The van der Waals surface area contributed by atoms with Crippen LogP contribution in [0, 0.1) is 6.92 Å². The summed E-state index contributed by atoms with van der Waals surface area (Å²) in [6, 6.07) is 16.4. The van der Waals surface area contributed by atoms with Crippen molar-refractivity contribution < 1.29 is 18.9 Å². The summed E-state index contributed by atoms with van der Waals surface area (Å²) in [5, 5.41) is 37.6. The molecule has 8 atom stereocenters. The summed E-state index contributed by atoms with van der Waals surface area (Å²) in [4.78, 5) is 101. The molecule has 36 nitrogen and oxygen atoms in total. The van der Waals surface area contributed by atoms with Gasteiger partial charge in [0.25, 0.3) is 22.2 Å². The normalized spacial score (nSPS) is 22.8. The number of aryl methyl sites for hydroxylation is 1. The molecule has 0 aromatic carbocycles. The van der Waals surface area contributed by atoms with Gasteiger partial charge in [0.15, 0.2) is 45.2 Å². The van der Waals surface area contributed by atoms with Crippen LogP contribution in [0.5, 0.6) is 0 Å². The van der Waals surface area contributed by atoms with E-state index in [1.807, 2.05) is 103 Å². The maximum Gasteiger partial charge on any atom is 0.262 e. The smallest absolute Gasteiger partial charge is 0.262 e. The van der Waals surface area contributed by atoms with Crippen LogP contribution >= 0.6 is 0 Å². The lowest BCUT2D eigenvalue weighted by atomic mass is 9.71. The fourth-order valence-corrected chi connectivity index (χ4v) is 18.3. The standard InChI is InChI=1S/C21H23N7O2.3C20H21N7O2/c1-12-2-5-18-23-17(11-27(18)26-12)14-3-4-15(14)19-24-20-16(21(29)25-19)10-22-28(20)13-6-8-30-9-7-13;3*28-20-15-10-22-27(12-5-8-29-9-6-12)19(15)24-18(25-20)14-4-3-13(14)16-11-26-17(23-16)2-1-7-21-26/h2,5,10-11,13-15H,3-4,6-9H2,1H3,(H,24,25,29);3*1-2,7,10-14H,3-6,8-9H2,(H,24,25,28)/t14-,15-;2*13-,14-;/m010./s1. The molecule has 4 N–H and O–H groups in total. The molecule has 8 aliphatic rings. The van der Waals surface area contributed by atoms with Gasteiger partial charge in [0.1, 0.15) is 44.8 Å². The fraction of sp³-hybridized carbons (Fsp3) is 0.457. The van der Waals surface area contributed by atoms with Crippen molar-refractivity contribution in [1.29, 1.82) is 0 Å². The van der Waals surface area contributed by atoms with Gasteiger partial charge in [-0.25, -0.2) is 76.7 Å². The Balaban J connectivity index is 0.0000000972. The van der Waals surface area contributed by atoms with E-state index < -0.39 is 0 Å². The first-order valence-electron chi connectivity index (χ1n) is 40.9. The molecule has 4 saturated carbocycles. The second-order valence-electron chi connectivity index (χ2n) is 32.1. The zero-order valence-electron chi connectivity index (χ0n) is 64.4. The zero-order chi connectivity index (χ0) is 78.4. The third kappa shape index (κ3) is 13.5. The minimum absolute atomic E-state index is 0.119. The van der Waals surface area contributed by atoms with E-state index in [2.05, 4.69) is 60.7 Å². The van der Waals surface area contributed by atoms with E-state index in [1.54, 1.807) is 56.9 Å². The van der Waals surface area contributed by atoms with Gasteiger partial charge in [-0.2, -0.15) is 40.8 Å². The van der Waals surface area contributed by atoms with Crippen LogP contribution in [0.15, 0.2) is 136 Å². The van der Waals surface area contributed by atoms with Crippen molar-refractivity contribution in [2.45, 2.75) is 181 Å². The van der Waals surface area contributed by atoms with E-state index in [1.165, 1.54) is 0 Å². The minimum Gasteiger partial charge on any atom is -0.381 e. The lowest BCUT2D eigenvalue weighted by Gasteiger charge is -2.34. The van der Waals surface area contributed by atoms with Crippen LogP contribution in [0.1, 0.15) is 226 Å². The van der Waals surface area contributed by atoms with Gasteiger partial charge >= 0.3 is 0 Å². The average molecular weight is 1580 g/mol. The predicted molar refractivity (Wildman–Crippen MR) is 425 cm³/mol. The molecule has 117 heavy (non-hydrogen) atoms. The van der Waals surface area contributed by atoms with Crippen LogP contribution < -0.4 is 22.2 Å². The van der Waals surface area contributed by atoms with Gasteiger partial charge in [0, 0.05) is 119 Å². The molecule has 8 fully saturated rings. The van der Waals surface area contributed by atoms with E-state index in [4.69, 9.17) is 58.8 Å². The van der Waals surface area contributed by atoms with Gasteiger partial charge in [0.05, 0.1) is 102 Å². The highest BCUT2D eigenvalue weighted by Crippen LogP contribution is 2.51. The molecule has 4 saturated heterocycles. The number of ether oxygens (including phenoxy) is 4. The predicted octanol–water partition coefficient (Wildman–Crippen LogP) is 9.01. The molecule has 20 heterocycles. The maximum absolute atomic E-state index is 12.8. The number of nitrogens with zero attached hydrogens (tertiary/aromatic N) is 24. The van der Waals surface area contributed by atoms with Crippen molar-refractivity contribution in [2.75, 3.05) is 52.9 Å². The third-order valence-corrected chi connectivity index (χ3v) is 25.3. The van der Waals surface area contributed by atoms with Gasteiger partial charge in [-0.15, -0.1) is 0 Å². The summed E-state index contributed by atoms with van der Waals surface area (Å²) in [6.45, 7) is 7.70. The number of imidazole rings is 4. The molecule has 0 spiro atoms. The number of aromatic amines is 4. The Labute approximate surface area is 663 Å². The Morgan fingerprint density at radius 2 is 0.556 bits per heavy atom. The Hall–Kier alpha value is -12.3. The van der Waals surface area contributed by atoms with Crippen LogP contribution in [0.4, 0.5) is 0 Å². The van der Waals surface area contributed by atoms with Crippen LogP contribution in [-0.4, -0.2) is 190 Å². The minimum atomic E-state index is -0.120. The molecule has 16 aromatic rings. The summed E-state index contributed by atoms with van der Waals surface area (Å²) in [6.07, 6.45) is 34.8. The number of fused-ring (bicyclic) bond motifs is 8. The summed E-state index contributed by atoms with van der Waals surface area (Å²) < 4.78 is 36.8. The first kappa shape index (κ1) is 72.4. The molecular formula is C81H86N28O8. The first-order chi connectivity index (χ1) is 57.5. The van der Waals surface area contributed by atoms with Crippen LogP contribution in [0.2, 0.25) is 0 Å². The van der Waals surface area contributed by atoms with Gasteiger partial charge in [-0.3, -0.25) is 19.2 Å². The van der Waals surface area contributed by atoms with Crippen LogP contribution in [0.25, 0.3) is 66.7 Å². The highest BCUT2D eigenvalue weighted by Gasteiger charge is 2.42. The van der Waals surface area contributed by atoms with Crippen molar-refractivity contribution in [3.05, 3.63) is 210 Å². The number of hydrogen-bond donors (Lipinski definition) is 4. The van der Waals surface area contributed by atoms with Crippen molar-refractivity contribution in [3.63, 3.8) is 0 Å². The highest BCUT2D eigenvalue weighted by atomic mass is 16.5. The highest BCUT2D eigenvalue weighted by molar-refractivity contribution is 5.76. The molecule has 4 aliphatic carbocycles. The monoisotopic (exact) mass is 1580 g/mol. The lowest BCUT2D eigenvalue weighted by Crippen LogP contribution is -2.27. The molecule has 0 bridgehead atoms. The quantitative estimate of drug-likeness (QED) is 0.0885. The summed E-state index contributed by atoms with van der Waals surface area (Å²) >= 11 is 0. The molecule has 24 rings (SSSR count). The number of hydrogen-bond acceptors (Lipinski definition) is 24. The summed E-state index contributed by atoms with van der Waals surface area (Å²) in [5.74, 6) is 4.45. The largest absolute Gasteiger partial charge is 0.381 e. The average Bonchev–Trinajstić information content (AvgIpc) is 1.65. The fourth-order valence-electron chi connectivity index (χ4n) is 18.3. The third-order valence-electron chi connectivity index (χ3n) is 25.3. The number of H-pyrrole nitrogens is 4. The number of rotatable bonds is 12. The molecule has 2 unspecified atom stereocenters. The van der Waals surface area contributed by atoms with Gasteiger partial charge in [-0.05, 0) is 158 Å². The Bertz CT molecular complexity index is 6060.